The number of aryl methyl sites for hydroxylation is 1. The molecular formula is C7H9N3O2S. The number of aromatic nitrogens is 3. The summed E-state index contributed by atoms with van der Waals surface area (Å²) in [5.74, 6) is 0.535. The number of hydrogen-bond donors (Lipinski definition) is 1. The minimum atomic E-state index is -0.208. The van der Waals surface area contributed by atoms with E-state index in [4.69, 9.17) is 5.11 Å². The number of carbonyl (C=O) groups excluding carboxylic acids is 1. The van der Waals surface area contributed by atoms with Gasteiger partial charge in [-0.2, -0.15) is 4.68 Å². The molecule has 0 unspecified atom stereocenters. The van der Waals surface area contributed by atoms with Crippen molar-refractivity contribution in [2.45, 2.75) is 23.8 Å². The predicted octanol–water partition coefficient (Wildman–Crippen LogP) is 0.0834. The highest BCUT2D eigenvalue weighted by Gasteiger charge is 2.33. The van der Waals surface area contributed by atoms with Gasteiger partial charge in [0, 0.05) is 6.61 Å². The van der Waals surface area contributed by atoms with E-state index in [-0.39, 0.29) is 17.8 Å². The van der Waals surface area contributed by atoms with E-state index in [1.165, 1.54) is 16.4 Å². The van der Waals surface area contributed by atoms with E-state index in [0.717, 1.165) is 0 Å². The molecule has 2 rings (SSSR count). The summed E-state index contributed by atoms with van der Waals surface area (Å²) >= 11 is 1.37. The van der Waals surface area contributed by atoms with Gasteiger partial charge in [0.05, 0.1) is 5.25 Å². The van der Waals surface area contributed by atoms with Gasteiger partial charge in [0.25, 0.3) is 5.91 Å². The van der Waals surface area contributed by atoms with Crippen molar-refractivity contribution in [3.8, 4) is 0 Å². The summed E-state index contributed by atoms with van der Waals surface area (Å²) in [7, 11) is 0. The van der Waals surface area contributed by atoms with Crippen LogP contribution in [0, 0.1) is 6.92 Å². The van der Waals surface area contributed by atoms with Gasteiger partial charge in [-0.1, -0.05) is 11.8 Å². The first-order chi connectivity index (χ1) is 6.22. The molecule has 6 heteroatoms. The molecule has 1 aliphatic heterocycles. The molecule has 0 saturated heterocycles. The molecule has 1 N–H and O–H groups in total. The zero-order valence-corrected chi connectivity index (χ0v) is 7.91. The fourth-order valence-corrected chi connectivity index (χ4v) is 2.32. The molecule has 0 saturated carbocycles. The molecule has 0 spiro atoms. The number of fused-ring (bicyclic) bond motifs is 1. The van der Waals surface area contributed by atoms with Gasteiger partial charge in [0.1, 0.15) is 5.82 Å². The van der Waals surface area contributed by atoms with Crippen molar-refractivity contribution in [3.63, 3.8) is 0 Å². The zero-order valence-electron chi connectivity index (χ0n) is 7.10. The fourth-order valence-electron chi connectivity index (χ4n) is 1.23. The first-order valence-corrected chi connectivity index (χ1v) is 4.85. The second kappa shape index (κ2) is 3.12. The van der Waals surface area contributed by atoms with Gasteiger partial charge in [0.2, 0.25) is 0 Å². The molecule has 1 aromatic heterocycles. The van der Waals surface area contributed by atoms with Crippen LogP contribution in [0.5, 0.6) is 0 Å². The van der Waals surface area contributed by atoms with Gasteiger partial charge in [-0.15, -0.1) is 5.10 Å². The topological polar surface area (TPSA) is 68.0 Å². The van der Waals surface area contributed by atoms with E-state index in [1.807, 2.05) is 0 Å². The van der Waals surface area contributed by atoms with Crippen LogP contribution in [0.1, 0.15) is 17.0 Å². The SMILES string of the molecule is Cc1nc2n(n1)C(=O)[C@@H](CCO)S2. The van der Waals surface area contributed by atoms with Crippen LogP contribution in [-0.2, 0) is 0 Å². The Kier molecular flexibility index (Phi) is 2.09. The normalized spacial score (nSPS) is 20.8. The maximum absolute atomic E-state index is 11.5. The molecule has 1 atom stereocenters. The number of rotatable bonds is 2. The van der Waals surface area contributed by atoms with Crippen LogP contribution in [0.15, 0.2) is 5.16 Å². The molecule has 2 heterocycles. The molecule has 0 bridgehead atoms. The summed E-state index contributed by atoms with van der Waals surface area (Å²) in [5, 5.41) is 13.1. The van der Waals surface area contributed by atoms with Crippen molar-refractivity contribution >= 4 is 17.7 Å². The Bertz CT molecular complexity index is 350. The molecule has 0 aromatic carbocycles. The summed E-state index contributed by atoms with van der Waals surface area (Å²) in [5.41, 5.74) is 0. The van der Waals surface area contributed by atoms with Crippen molar-refractivity contribution in [2.24, 2.45) is 0 Å². The Balaban J connectivity index is 2.25. The van der Waals surface area contributed by atoms with Crippen LogP contribution >= 0.6 is 11.8 Å². The van der Waals surface area contributed by atoms with Crippen LogP contribution in [0.3, 0.4) is 0 Å². The average Bonchev–Trinajstić information content (AvgIpc) is 2.54. The Morgan fingerprint density at radius 1 is 1.69 bits per heavy atom. The van der Waals surface area contributed by atoms with Gasteiger partial charge in [-0.3, -0.25) is 4.79 Å². The summed E-state index contributed by atoms with van der Waals surface area (Å²) in [6.07, 6.45) is 0.466. The molecule has 70 valence electrons. The van der Waals surface area contributed by atoms with Gasteiger partial charge in [0.15, 0.2) is 5.16 Å². The highest BCUT2D eigenvalue weighted by atomic mass is 32.2. The van der Waals surface area contributed by atoms with Crippen molar-refractivity contribution in [1.82, 2.24) is 14.8 Å². The second-order valence-corrected chi connectivity index (χ2v) is 3.98. The van der Waals surface area contributed by atoms with Gasteiger partial charge in [-0.05, 0) is 13.3 Å². The molecule has 0 radical (unpaired) electrons. The van der Waals surface area contributed by atoms with Crippen LogP contribution in [0.4, 0.5) is 0 Å². The number of hydrogen-bond acceptors (Lipinski definition) is 5. The Hall–Kier alpha value is -0.880. The van der Waals surface area contributed by atoms with Crippen LogP contribution in [-0.4, -0.2) is 37.6 Å². The Labute approximate surface area is 79.2 Å². The van der Waals surface area contributed by atoms with Gasteiger partial charge >= 0.3 is 0 Å². The maximum Gasteiger partial charge on any atom is 0.263 e. The molecule has 1 aromatic rings. The lowest BCUT2D eigenvalue weighted by Crippen LogP contribution is -2.19. The average molecular weight is 199 g/mol. The monoisotopic (exact) mass is 199 g/mol. The summed E-state index contributed by atoms with van der Waals surface area (Å²) < 4.78 is 1.32. The lowest BCUT2D eigenvalue weighted by atomic mass is 10.3. The van der Waals surface area contributed by atoms with Crippen LogP contribution in [0.2, 0.25) is 0 Å². The third-order valence-corrected chi connectivity index (χ3v) is 3.00. The van der Waals surface area contributed by atoms with E-state index in [2.05, 4.69) is 10.1 Å². The van der Waals surface area contributed by atoms with Crippen molar-refractivity contribution < 1.29 is 9.90 Å². The minimum absolute atomic E-state index is 0.0211. The van der Waals surface area contributed by atoms with E-state index >= 15 is 0 Å². The number of aliphatic hydroxyl groups is 1. The number of nitrogens with zero attached hydrogens (tertiary/aromatic N) is 3. The van der Waals surface area contributed by atoms with Crippen molar-refractivity contribution in [3.05, 3.63) is 5.82 Å². The first kappa shape index (κ1) is 8.71. The van der Waals surface area contributed by atoms with Crippen LogP contribution in [0.25, 0.3) is 0 Å². The Morgan fingerprint density at radius 3 is 3.08 bits per heavy atom. The van der Waals surface area contributed by atoms with Gasteiger partial charge in [-0.25, -0.2) is 4.98 Å². The zero-order chi connectivity index (χ0) is 9.42. The third-order valence-electron chi connectivity index (χ3n) is 1.81. The summed E-state index contributed by atoms with van der Waals surface area (Å²) in [4.78, 5) is 15.6. The van der Waals surface area contributed by atoms with E-state index in [1.54, 1.807) is 6.92 Å². The quantitative estimate of drug-likeness (QED) is 0.730. The summed E-state index contributed by atoms with van der Waals surface area (Å²) in [6.45, 7) is 1.77. The highest BCUT2D eigenvalue weighted by molar-refractivity contribution is 8.00. The molecule has 5 nitrogen and oxygen atoms in total. The number of carbonyl (C=O) groups is 1. The predicted molar refractivity (Wildman–Crippen MR) is 46.7 cm³/mol. The third kappa shape index (κ3) is 1.36. The first-order valence-electron chi connectivity index (χ1n) is 3.98. The minimum Gasteiger partial charge on any atom is -0.396 e. The maximum atomic E-state index is 11.5. The standard InChI is InChI=1S/C7H9N3O2S/c1-4-8-7-10(9-4)6(12)5(13-7)2-3-11/h5,11H,2-3H2,1H3/t5-/m1/s1. The molecular weight excluding hydrogens is 190 g/mol. The molecule has 13 heavy (non-hydrogen) atoms. The number of thioether (sulfide) groups is 1. The Morgan fingerprint density at radius 2 is 2.46 bits per heavy atom. The van der Waals surface area contributed by atoms with Crippen molar-refractivity contribution in [2.75, 3.05) is 6.61 Å². The highest BCUT2D eigenvalue weighted by Crippen LogP contribution is 2.31. The fraction of sp³-hybridized carbons (Fsp3) is 0.571. The molecule has 0 aliphatic carbocycles. The lowest BCUT2D eigenvalue weighted by Gasteiger charge is -2.01. The van der Waals surface area contributed by atoms with Gasteiger partial charge < -0.3 is 5.11 Å². The molecule has 0 amide bonds. The molecule has 1 aliphatic rings. The van der Waals surface area contributed by atoms with Crippen molar-refractivity contribution in [1.29, 1.82) is 0 Å². The van der Waals surface area contributed by atoms with Crippen LogP contribution < -0.4 is 0 Å². The van der Waals surface area contributed by atoms with E-state index in [0.29, 0.717) is 17.4 Å². The molecule has 0 fully saturated rings. The smallest absolute Gasteiger partial charge is 0.263 e. The second-order valence-electron chi connectivity index (χ2n) is 2.81. The van der Waals surface area contributed by atoms with E-state index in [9.17, 15) is 4.79 Å². The largest absolute Gasteiger partial charge is 0.396 e. The van der Waals surface area contributed by atoms with E-state index < -0.39 is 0 Å². The lowest BCUT2D eigenvalue weighted by molar-refractivity contribution is 0.0882. The summed E-state index contributed by atoms with van der Waals surface area (Å²) in [6, 6.07) is 0. The number of aliphatic hydroxyl groups excluding tert-OH is 1.